The molecule has 3 aromatic rings. The van der Waals surface area contributed by atoms with Crippen LogP contribution in [0.2, 0.25) is 5.02 Å². The van der Waals surface area contributed by atoms with Crippen LogP contribution < -0.4 is 15.7 Å². The number of carbonyl (C=O) groups excluding carboxylic acids is 1. The third-order valence-corrected chi connectivity index (χ3v) is 3.71. The van der Waals surface area contributed by atoms with Crippen LogP contribution in [0.3, 0.4) is 0 Å². The number of carbonyl (C=O) groups is 1. The van der Waals surface area contributed by atoms with E-state index in [1.54, 1.807) is 42.7 Å². The van der Waals surface area contributed by atoms with Crippen molar-refractivity contribution >= 4 is 28.5 Å². The summed E-state index contributed by atoms with van der Waals surface area (Å²) in [6, 6.07) is 9.52. The zero-order valence-corrected chi connectivity index (χ0v) is 14.0. The monoisotopic (exact) mass is 358 g/mol. The van der Waals surface area contributed by atoms with Gasteiger partial charge in [0.05, 0.1) is 18.1 Å². The third-order valence-electron chi connectivity index (χ3n) is 3.47. The molecule has 0 spiro atoms. The molecule has 2 aromatic heterocycles. The molecule has 2 heterocycles. The van der Waals surface area contributed by atoms with Crippen LogP contribution in [0.4, 0.5) is 0 Å². The predicted octanol–water partition coefficient (Wildman–Crippen LogP) is 3.04. The molecule has 0 unspecified atom stereocenters. The Morgan fingerprint density at radius 2 is 2.00 bits per heavy atom. The summed E-state index contributed by atoms with van der Waals surface area (Å²) >= 11 is 5.98. The van der Waals surface area contributed by atoms with Gasteiger partial charge in [0.15, 0.2) is 0 Å². The van der Waals surface area contributed by atoms with Gasteiger partial charge in [-0.05, 0) is 36.8 Å². The SMILES string of the molecule is O=C(NCCCOc1cc(=O)oc2ccc(Cl)cc12)c1ccncc1. The smallest absolute Gasteiger partial charge is 0.339 e. The molecule has 3 rings (SSSR count). The van der Waals surface area contributed by atoms with Crippen LogP contribution in [0.5, 0.6) is 5.75 Å². The van der Waals surface area contributed by atoms with Gasteiger partial charge in [-0.15, -0.1) is 0 Å². The standard InChI is InChI=1S/C18H15ClN2O4/c19-13-2-3-15-14(10-13)16(11-17(22)25-15)24-9-1-6-21-18(23)12-4-7-20-8-5-12/h2-5,7-8,10-11H,1,6,9H2,(H,21,23). The summed E-state index contributed by atoms with van der Waals surface area (Å²) in [5, 5.41) is 3.95. The van der Waals surface area contributed by atoms with Gasteiger partial charge in [0.1, 0.15) is 11.3 Å². The summed E-state index contributed by atoms with van der Waals surface area (Å²) in [7, 11) is 0. The Balaban J connectivity index is 1.56. The highest BCUT2D eigenvalue weighted by molar-refractivity contribution is 6.31. The Morgan fingerprint density at radius 3 is 2.80 bits per heavy atom. The second-order valence-corrected chi connectivity index (χ2v) is 5.70. The first kappa shape index (κ1) is 17.0. The lowest BCUT2D eigenvalue weighted by atomic mass is 10.2. The zero-order valence-electron chi connectivity index (χ0n) is 13.2. The van der Waals surface area contributed by atoms with Crippen molar-refractivity contribution in [1.29, 1.82) is 0 Å². The van der Waals surface area contributed by atoms with E-state index in [2.05, 4.69) is 10.3 Å². The molecule has 0 saturated carbocycles. The highest BCUT2D eigenvalue weighted by Gasteiger charge is 2.08. The van der Waals surface area contributed by atoms with E-state index in [0.29, 0.717) is 46.9 Å². The molecule has 128 valence electrons. The van der Waals surface area contributed by atoms with Crippen LogP contribution in [0, 0.1) is 0 Å². The van der Waals surface area contributed by atoms with Gasteiger partial charge < -0.3 is 14.5 Å². The predicted molar refractivity (Wildman–Crippen MR) is 94.2 cm³/mol. The number of benzene rings is 1. The van der Waals surface area contributed by atoms with Crippen molar-refractivity contribution in [2.75, 3.05) is 13.2 Å². The van der Waals surface area contributed by atoms with E-state index in [9.17, 15) is 9.59 Å². The average Bonchev–Trinajstić information content (AvgIpc) is 2.62. The summed E-state index contributed by atoms with van der Waals surface area (Å²) < 4.78 is 10.8. The maximum atomic E-state index is 11.9. The molecular weight excluding hydrogens is 344 g/mol. The summed E-state index contributed by atoms with van der Waals surface area (Å²) in [6.45, 7) is 0.781. The molecule has 1 N–H and O–H groups in total. The van der Waals surface area contributed by atoms with Crippen LogP contribution in [0.15, 0.2) is 58.0 Å². The van der Waals surface area contributed by atoms with Crippen LogP contribution >= 0.6 is 11.6 Å². The molecule has 0 aliphatic rings. The molecule has 7 heteroatoms. The molecule has 1 amide bonds. The van der Waals surface area contributed by atoms with Gasteiger partial charge in [-0.25, -0.2) is 4.79 Å². The fourth-order valence-corrected chi connectivity index (χ4v) is 2.46. The zero-order chi connectivity index (χ0) is 17.6. The molecule has 25 heavy (non-hydrogen) atoms. The number of aromatic nitrogens is 1. The number of nitrogens with zero attached hydrogens (tertiary/aromatic N) is 1. The number of rotatable bonds is 6. The first-order chi connectivity index (χ1) is 12.1. The summed E-state index contributed by atoms with van der Waals surface area (Å²) in [4.78, 5) is 27.3. The van der Waals surface area contributed by atoms with Crippen LogP contribution in [0.1, 0.15) is 16.8 Å². The number of hydrogen-bond donors (Lipinski definition) is 1. The number of pyridine rings is 1. The molecule has 6 nitrogen and oxygen atoms in total. The van der Waals surface area contributed by atoms with E-state index in [1.807, 2.05) is 0 Å². The number of hydrogen-bond acceptors (Lipinski definition) is 5. The lowest BCUT2D eigenvalue weighted by molar-refractivity contribution is 0.0951. The first-order valence-corrected chi connectivity index (χ1v) is 8.06. The summed E-state index contributed by atoms with van der Waals surface area (Å²) in [5.41, 5.74) is 0.478. The van der Waals surface area contributed by atoms with Crippen LogP contribution in [0.25, 0.3) is 11.0 Å². The van der Waals surface area contributed by atoms with Gasteiger partial charge in [-0.3, -0.25) is 9.78 Å². The van der Waals surface area contributed by atoms with Gasteiger partial charge >= 0.3 is 5.63 Å². The maximum Gasteiger partial charge on any atom is 0.339 e. The summed E-state index contributed by atoms with van der Waals surface area (Å²) in [5.74, 6) is 0.245. The first-order valence-electron chi connectivity index (χ1n) is 7.68. The van der Waals surface area contributed by atoms with Gasteiger partial charge in [0.2, 0.25) is 0 Å². The van der Waals surface area contributed by atoms with Gasteiger partial charge in [-0.2, -0.15) is 0 Å². The second-order valence-electron chi connectivity index (χ2n) is 5.26. The molecule has 0 aliphatic carbocycles. The van der Waals surface area contributed by atoms with Crippen molar-refractivity contribution in [3.8, 4) is 5.75 Å². The largest absolute Gasteiger partial charge is 0.492 e. The molecule has 1 aromatic carbocycles. The lowest BCUT2D eigenvalue weighted by Crippen LogP contribution is -2.25. The quantitative estimate of drug-likeness (QED) is 0.541. The number of amides is 1. The van der Waals surface area contributed by atoms with Gasteiger partial charge in [-0.1, -0.05) is 11.6 Å². The fourth-order valence-electron chi connectivity index (χ4n) is 2.29. The van der Waals surface area contributed by atoms with E-state index >= 15 is 0 Å². The highest BCUT2D eigenvalue weighted by atomic mass is 35.5. The minimum atomic E-state index is -0.490. The van der Waals surface area contributed by atoms with Gasteiger partial charge in [0, 0.05) is 29.5 Å². The van der Waals surface area contributed by atoms with Crippen molar-refractivity contribution in [2.24, 2.45) is 0 Å². The fraction of sp³-hybridized carbons (Fsp3) is 0.167. The topological polar surface area (TPSA) is 81.4 Å². The molecular formula is C18H15ClN2O4. The Morgan fingerprint density at radius 1 is 1.20 bits per heavy atom. The van der Waals surface area contributed by atoms with Crippen molar-refractivity contribution in [3.05, 3.63) is 69.8 Å². The molecule has 0 saturated heterocycles. The normalized spacial score (nSPS) is 10.6. The van der Waals surface area contributed by atoms with Crippen LogP contribution in [-0.4, -0.2) is 24.0 Å². The number of halogens is 1. The number of fused-ring (bicyclic) bond motifs is 1. The molecule has 0 atom stereocenters. The molecule has 0 radical (unpaired) electrons. The third kappa shape index (κ3) is 4.36. The minimum Gasteiger partial charge on any atom is -0.492 e. The van der Waals surface area contributed by atoms with Crippen LogP contribution in [-0.2, 0) is 0 Å². The Labute approximate surface area is 148 Å². The van der Waals surface area contributed by atoms with E-state index in [-0.39, 0.29) is 5.91 Å². The Hall–Kier alpha value is -2.86. The van der Waals surface area contributed by atoms with Crippen molar-refractivity contribution < 1.29 is 13.9 Å². The molecule has 0 fully saturated rings. The van der Waals surface area contributed by atoms with Crippen molar-refractivity contribution in [3.63, 3.8) is 0 Å². The Kier molecular flexibility index (Phi) is 5.30. The lowest BCUT2D eigenvalue weighted by Gasteiger charge is -2.09. The van der Waals surface area contributed by atoms with Gasteiger partial charge in [0.25, 0.3) is 5.91 Å². The van der Waals surface area contributed by atoms with Crippen molar-refractivity contribution in [2.45, 2.75) is 6.42 Å². The second kappa shape index (κ2) is 7.81. The minimum absolute atomic E-state index is 0.167. The molecule has 0 bridgehead atoms. The van der Waals surface area contributed by atoms with Crippen molar-refractivity contribution in [1.82, 2.24) is 10.3 Å². The van der Waals surface area contributed by atoms with E-state index in [0.717, 1.165) is 0 Å². The Bertz CT molecular complexity index is 941. The summed E-state index contributed by atoms with van der Waals surface area (Å²) in [6.07, 6.45) is 3.71. The van der Waals surface area contributed by atoms with E-state index in [1.165, 1.54) is 6.07 Å². The highest BCUT2D eigenvalue weighted by Crippen LogP contribution is 2.26. The van der Waals surface area contributed by atoms with E-state index < -0.39 is 5.63 Å². The number of nitrogens with one attached hydrogen (secondary N) is 1. The average molecular weight is 359 g/mol. The maximum absolute atomic E-state index is 11.9. The van der Waals surface area contributed by atoms with E-state index in [4.69, 9.17) is 20.8 Å². The number of ether oxygens (including phenoxy) is 1. The molecule has 0 aliphatic heterocycles.